The van der Waals surface area contributed by atoms with Crippen molar-refractivity contribution in [1.29, 1.82) is 0 Å². The minimum absolute atomic E-state index is 0.135. The Labute approximate surface area is 120 Å². The summed E-state index contributed by atoms with van der Waals surface area (Å²) < 4.78 is 3.24. The highest BCUT2D eigenvalue weighted by Crippen LogP contribution is 2.28. The van der Waals surface area contributed by atoms with E-state index < -0.39 is 0 Å². The molecule has 20 heavy (non-hydrogen) atoms. The van der Waals surface area contributed by atoms with Crippen molar-refractivity contribution in [3.8, 4) is 0 Å². The molecule has 0 aliphatic rings. The number of halogens is 1. The average Bonchev–Trinajstić information content (AvgIpc) is 2.82. The SMILES string of the molecule is Cn1ncc(Nc2cccc3c2ccn3C)c(Cl)c1=O. The van der Waals surface area contributed by atoms with E-state index in [9.17, 15) is 4.79 Å². The molecule has 0 spiro atoms. The van der Waals surface area contributed by atoms with Crippen LogP contribution in [0.1, 0.15) is 0 Å². The summed E-state index contributed by atoms with van der Waals surface area (Å²) in [6, 6.07) is 7.94. The Morgan fingerprint density at radius 1 is 1.20 bits per heavy atom. The van der Waals surface area contributed by atoms with E-state index >= 15 is 0 Å². The molecule has 0 aliphatic carbocycles. The second-order valence-corrected chi connectivity index (χ2v) is 4.97. The normalized spacial score (nSPS) is 10.9. The fourth-order valence-electron chi connectivity index (χ4n) is 2.15. The first-order chi connectivity index (χ1) is 9.58. The first-order valence-corrected chi connectivity index (χ1v) is 6.48. The van der Waals surface area contributed by atoms with Gasteiger partial charge >= 0.3 is 0 Å². The Kier molecular flexibility index (Phi) is 2.99. The minimum atomic E-state index is -0.322. The number of hydrogen-bond acceptors (Lipinski definition) is 3. The monoisotopic (exact) mass is 288 g/mol. The molecular formula is C14H13ClN4O. The molecular weight excluding hydrogens is 276 g/mol. The van der Waals surface area contributed by atoms with Crippen molar-refractivity contribution in [3.05, 3.63) is 52.0 Å². The van der Waals surface area contributed by atoms with E-state index in [1.54, 1.807) is 13.2 Å². The van der Waals surface area contributed by atoms with Crippen LogP contribution in [-0.4, -0.2) is 14.3 Å². The van der Waals surface area contributed by atoms with Crippen molar-refractivity contribution in [2.45, 2.75) is 0 Å². The topological polar surface area (TPSA) is 51.9 Å². The number of fused-ring (bicyclic) bond motifs is 1. The highest BCUT2D eigenvalue weighted by atomic mass is 35.5. The Balaban J connectivity index is 2.10. The zero-order valence-corrected chi connectivity index (χ0v) is 11.8. The van der Waals surface area contributed by atoms with Gasteiger partial charge in [-0.15, -0.1) is 0 Å². The van der Waals surface area contributed by atoms with Gasteiger partial charge in [0.15, 0.2) is 0 Å². The Morgan fingerprint density at radius 3 is 2.80 bits per heavy atom. The molecule has 1 aromatic carbocycles. The van der Waals surface area contributed by atoms with Gasteiger partial charge in [-0.3, -0.25) is 4.79 Å². The van der Waals surface area contributed by atoms with Gasteiger partial charge in [0.1, 0.15) is 5.02 Å². The number of benzene rings is 1. The standard InChI is InChI=1S/C14H13ClN4O/c1-18-7-6-9-10(4-3-5-12(9)18)17-11-8-16-19(2)14(20)13(11)15/h3-8,17H,1-2H3. The van der Waals surface area contributed by atoms with Gasteiger partial charge in [-0.1, -0.05) is 17.7 Å². The third-order valence-corrected chi connectivity index (χ3v) is 3.64. The second kappa shape index (κ2) is 4.68. The second-order valence-electron chi connectivity index (χ2n) is 4.59. The van der Waals surface area contributed by atoms with Gasteiger partial charge < -0.3 is 9.88 Å². The van der Waals surface area contributed by atoms with Crippen LogP contribution in [0, 0.1) is 0 Å². The molecule has 0 bridgehead atoms. The van der Waals surface area contributed by atoms with E-state index in [0.29, 0.717) is 5.69 Å². The number of rotatable bonds is 2. The van der Waals surface area contributed by atoms with Gasteiger partial charge in [0.2, 0.25) is 0 Å². The molecule has 0 unspecified atom stereocenters. The van der Waals surface area contributed by atoms with Crippen LogP contribution in [0.15, 0.2) is 41.5 Å². The van der Waals surface area contributed by atoms with Gasteiger partial charge in [0.25, 0.3) is 5.56 Å². The lowest BCUT2D eigenvalue weighted by molar-refractivity contribution is 0.709. The number of aromatic nitrogens is 3. The number of aryl methyl sites for hydroxylation is 2. The van der Waals surface area contributed by atoms with Crippen molar-refractivity contribution in [2.24, 2.45) is 14.1 Å². The number of nitrogens with zero attached hydrogens (tertiary/aromatic N) is 3. The largest absolute Gasteiger partial charge is 0.352 e. The maximum atomic E-state index is 11.8. The first-order valence-electron chi connectivity index (χ1n) is 6.11. The van der Waals surface area contributed by atoms with Crippen LogP contribution in [0.3, 0.4) is 0 Å². The quantitative estimate of drug-likeness (QED) is 0.789. The molecule has 3 aromatic rings. The molecule has 0 atom stereocenters. The summed E-state index contributed by atoms with van der Waals surface area (Å²) in [4.78, 5) is 11.8. The Hall–Kier alpha value is -2.27. The lowest BCUT2D eigenvalue weighted by atomic mass is 10.2. The third-order valence-electron chi connectivity index (χ3n) is 3.28. The highest BCUT2D eigenvalue weighted by Gasteiger charge is 2.09. The molecule has 3 rings (SSSR count). The first kappa shape index (κ1) is 12.7. The molecule has 0 saturated heterocycles. The fourth-order valence-corrected chi connectivity index (χ4v) is 2.37. The minimum Gasteiger partial charge on any atom is -0.352 e. The summed E-state index contributed by atoms with van der Waals surface area (Å²) in [6.07, 6.45) is 3.53. The summed E-state index contributed by atoms with van der Waals surface area (Å²) in [5, 5.41) is 8.34. The van der Waals surface area contributed by atoms with Gasteiger partial charge in [-0.05, 0) is 18.2 Å². The summed E-state index contributed by atoms with van der Waals surface area (Å²) in [6.45, 7) is 0. The van der Waals surface area contributed by atoms with Gasteiger partial charge in [0.05, 0.1) is 11.9 Å². The van der Waals surface area contributed by atoms with Crippen molar-refractivity contribution < 1.29 is 0 Å². The van der Waals surface area contributed by atoms with E-state index in [1.807, 2.05) is 42.1 Å². The van der Waals surface area contributed by atoms with E-state index in [4.69, 9.17) is 11.6 Å². The molecule has 2 heterocycles. The predicted octanol–water partition coefficient (Wildman–Crippen LogP) is 2.67. The smallest absolute Gasteiger partial charge is 0.287 e. The van der Waals surface area contributed by atoms with Crippen molar-refractivity contribution in [1.82, 2.24) is 14.3 Å². The zero-order valence-electron chi connectivity index (χ0n) is 11.1. The number of nitrogens with one attached hydrogen (secondary N) is 1. The van der Waals surface area contributed by atoms with Gasteiger partial charge in [-0.25, -0.2) is 4.68 Å². The van der Waals surface area contributed by atoms with Crippen LogP contribution in [0.25, 0.3) is 10.9 Å². The fraction of sp³-hybridized carbons (Fsp3) is 0.143. The number of anilines is 2. The van der Waals surface area contributed by atoms with Crippen LogP contribution in [0.4, 0.5) is 11.4 Å². The van der Waals surface area contributed by atoms with E-state index in [-0.39, 0.29) is 10.6 Å². The van der Waals surface area contributed by atoms with Crippen molar-refractivity contribution in [3.63, 3.8) is 0 Å². The lowest BCUT2D eigenvalue weighted by Crippen LogP contribution is -2.20. The van der Waals surface area contributed by atoms with E-state index in [0.717, 1.165) is 16.6 Å². The van der Waals surface area contributed by atoms with Gasteiger partial charge in [-0.2, -0.15) is 5.10 Å². The lowest BCUT2D eigenvalue weighted by Gasteiger charge is -2.10. The maximum Gasteiger partial charge on any atom is 0.287 e. The molecule has 0 amide bonds. The average molecular weight is 289 g/mol. The Bertz CT molecular complexity index is 850. The molecule has 0 fully saturated rings. The molecule has 0 aliphatic heterocycles. The van der Waals surface area contributed by atoms with E-state index in [2.05, 4.69) is 10.4 Å². The summed E-state index contributed by atoms with van der Waals surface area (Å²) in [5.74, 6) is 0. The summed E-state index contributed by atoms with van der Waals surface area (Å²) in [7, 11) is 3.55. The van der Waals surface area contributed by atoms with Crippen LogP contribution in [0.2, 0.25) is 5.02 Å². The molecule has 0 radical (unpaired) electrons. The maximum absolute atomic E-state index is 11.8. The molecule has 5 nitrogen and oxygen atoms in total. The van der Waals surface area contributed by atoms with E-state index in [1.165, 1.54) is 4.68 Å². The van der Waals surface area contributed by atoms with Crippen LogP contribution < -0.4 is 10.9 Å². The van der Waals surface area contributed by atoms with Gasteiger partial charge in [0, 0.05) is 36.9 Å². The van der Waals surface area contributed by atoms with Crippen molar-refractivity contribution in [2.75, 3.05) is 5.32 Å². The van der Waals surface area contributed by atoms with Crippen LogP contribution in [-0.2, 0) is 14.1 Å². The zero-order chi connectivity index (χ0) is 14.3. The summed E-state index contributed by atoms with van der Waals surface area (Å²) in [5.41, 5.74) is 2.17. The van der Waals surface area contributed by atoms with Crippen LogP contribution in [0.5, 0.6) is 0 Å². The molecule has 102 valence electrons. The molecule has 0 saturated carbocycles. The molecule has 1 N–H and O–H groups in total. The van der Waals surface area contributed by atoms with Crippen molar-refractivity contribution >= 4 is 33.9 Å². The predicted molar refractivity (Wildman–Crippen MR) is 80.7 cm³/mol. The van der Waals surface area contributed by atoms with Crippen LogP contribution >= 0.6 is 11.6 Å². The highest BCUT2D eigenvalue weighted by molar-refractivity contribution is 6.33. The molecule has 2 aromatic heterocycles. The molecule has 6 heteroatoms. The number of hydrogen-bond donors (Lipinski definition) is 1. The summed E-state index contributed by atoms with van der Waals surface area (Å²) >= 11 is 6.06. The third kappa shape index (κ3) is 1.96. The Morgan fingerprint density at radius 2 is 2.00 bits per heavy atom.